The fourth-order valence-corrected chi connectivity index (χ4v) is 8.79. The number of aliphatic hydroxyl groups is 1. The Hall–Kier alpha value is -3.78. The zero-order valence-corrected chi connectivity index (χ0v) is 34.9. The molecule has 1 aliphatic heterocycles. The van der Waals surface area contributed by atoms with E-state index in [1.54, 1.807) is 18.2 Å². The number of hydrogen-bond donors (Lipinski definition) is 4. The van der Waals surface area contributed by atoms with Crippen LogP contribution in [0.25, 0.3) is 11.1 Å². The molecule has 0 bridgehead atoms. The summed E-state index contributed by atoms with van der Waals surface area (Å²) in [4.78, 5) is 16.6. The molecule has 13 heteroatoms. The van der Waals surface area contributed by atoms with Gasteiger partial charge in [-0.25, -0.2) is 0 Å². The van der Waals surface area contributed by atoms with Crippen LogP contribution in [0.5, 0.6) is 0 Å². The number of alkyl halides is 3. The van der Waals surface area contributed by atoms with E-state index in [9.17, 15) is 23.1 Å². The van der Waals surface area contributed by atoms with Gasteiger partial charge in [0.15, 0.2) is 0 Å². The van der Waals surface area contributed by atoms with Gasteiger partial charge in [0.1, 0.15) is 0 Å². The molecule has 6 rings (SSSR count). The number of carbonyl (C=O) groups excluding carboxylic acids is 1. The molecule has 0 aliphatic carbocycles. The molecule has 1 saturated heterocycles. The number of nitrogens with one attached hydrogen (secondary N) is 2. The summed E-state index contributed by atoms with van der Waals surface area (Å²) in [5, 5.41) is 15.4. The first kappa shape index (κ1) is 44.3. The van der Waals surface area contributed by atoms with Crippen molar-refractivity contribution < 1.29 is 23.1 Å². The van der Waals surface area contributed by atoms with Crippen LogP contribution in [0.2, 0.25) is 5.02 Å². The third-order valence-corrected chi connectivity index (χ3v) is 12.3. The summed E-state index contributed by atoms with van der Waals surface area (Å²) >= 11 is 8.66. The minimum absolute atomic E-state index is 0.0230. The van der Waals surface area contributed by atoms with E-state index in [0.29, 0.717) is 15.5 Å². The van der Waals surface area contributed by atoms with E-state index in [1.165, 1.54) is 35.6 Å². The second-order valence-electron chi connectivity index (χ2n) is 13.4. The average molecular weight is 854 g/mol. The van der Waals surface area contributed by atoms with E-state index < -0.39 is 11.6 Å². The van der Waals surface area contributed by atoms with Crippen molar-refractivity contribution in [2.45, 2.75) is 58.9 Å². The third-order valence-electron chi connectivity index (χ3n) is 9.40. The number of rotatable bonds is 15. The Morgan fingerprint density at radius 3 is 2.26 bits per heavy atom. The molecule has 6 nitrogen and oxygen atoms in total. The predicted octanol–water partition coefficient (Wildman–Crippen LogP) is 11.8. The number of unbranched alkanes of at least 4 members (excludes halogenated alkanes) is 1. The Balaban J connectivity index is 0.000000374. The number of piperidine rings is 1. The second-order valence-corrected chi connectivity index (χ2v) is 17.0. The normalized spacial score (nSPS) is 13.8. The van der Waals surface area contributed by atoms with Gasteiger partial charge < -0.3 is 21.1 Å². The van der Waals surface area contributed by atoms with Crippen LogP contribution in [-0.2, 0) is 0 Å². The summed E-state index contributed by atoms with van der Waals surface area (Å²) in [5.41, 5.74) is 5.56. The molecule has 1 amide bonds. The van der Waals surface area contributed by atoms with E-state index in [1.807, 2.05) is 72.4 Å². The summed E-state index contributed by atoms with van der Waals surface area (Å²) < 4.78 is 41.0. The van der Waals surface area contributed by atoms with Crippen LogP contribution in [0.15, 0.2) is 136 Å². The van der Waals surface area contributed by atoms with Crippen molar-refractivity contribution in [2.75, 3.05) is 42.6 Å². The molecular formula is C44H48ClF3N4O2S3. The number of aliphatic hydroxyl groups excluding tert-OH is 1. The van der Waals surface area contributed by atoms with Crippen molar-refractivity contribution in [1.29, 1.82) is 0 Å². The van der Waals surface area contributed by atoms with Crippen molar-refractivity contribution in [1.82, 2.24) is 10.0 Å². The van der Waals surface area contributed by atoms with Gasteiger partial charge in [0, 0.05) is 49.7 Å². The number of anilines is 2. The molecule has 57 heavy (non-hydrogen) atoms. The lowest BCUT2D eigenvalue weighted by Gasteiger charge is -2.36. The van der Waals surface area contributed by atoms with Gasteiger partial charge >= 0.3 is 5.51 Å². The zero-order chi connectivity index (χ0) is 40.6. The highest BCUT2D eigenvalue weighted by Gasteiger charge is 2.31. The number of nitrogens with two attached hydrogens (primary N) is 1. The van der Waals surface area contributed by atoms with Crippen molar-refractivity contribution in [3.05, 3.63) is 137 Å². The quantitative estimate of drug-likeness (QED) is 0.0358. The number of nitrogens with zero attached hydrogens (tertiary/aromatic N) is 1. The number of thioether (sulfide) groups is 2. The van der Waals surface area contributed by atoms with E-state index in [2.05, 4.69) is 52.2 Å². The molecule has 1 unspecified atom stereocenters. The van der Waals surface area contributed by atoms with Gasteiger partial charge in [-0.15, -0.1) is 11.8 Å². The largest absolute Gasteiger partial charge is 0.446 e. The van der Waals surface area contributed by atoms with E-state index >= 15 is 0 Å². The van der Waals surface area contributed by atoms with Gasteiger partial charge in [0.2, 0.25) is 0 Å². The van der Waals surface area contributed by atoms with E-state index in [4.69, 9.17) is 17.3 Å². The summed E-state index contributed by atoms with van der Waals surface area (Å²) in [5.74, 6) is 0.977. The van der Waals surface area contributed by atoms with Crippen LogP contribution in [-0.4, -0.2) is 48.5 Å². The monoisotopic (exact) mass is 852 g/mol. The molecule has 5 N–H and O–H groups in total. The van der Waals surface area contributed by atoms with Gasteiger partial charge in [-0.2, -0.15) is 13.2 Å². The Labute approximate surface area is 351 Å². The molecule has 0 saturated carbocycles. The number of benzene rings is 5. The smallest absolute Gasteiger partial charge is 0.398 e. The van der Waals surface area contributed by atoms with Crippen LogP contribution in [0, 0.1) is 5.92 Å². The maximum atomic E-state index is 12.8. The van der Waals surface area contributed by atoms with Crippen molar-refractivity contribution >= 4 is 64.4 Å². The Bertz CT molecular complexity index is 1980. The average Bonchev–Trinajstić information content (AvgIpc) is 3.22. The van der Waals surface area contributed by atoms with Crippen LogP contribution in [0.1, 0.15) is 54.6 Å². The second kappa shape index (κ2) is 22.4. The van der Waals surface area contributed by atoms with Gasteiger partial charge in [-0.1, -0.05) is 73.1 Å². The molecule has 0 radical (unpaired) electrons. The van der Waals surface area contributed by atoms with E-state index in [0.717, 1.165) is 73.3 Å². The van der Waals surface area contributed by atoms with Crippen LogP contribution >= 0.6 is 47.1 Å². The van der Waals surface area contributed by atoms with Gasteiger partial charge in [-0.3, -0.25) is 9.52 Å². The number of amides is 1. The Morgan fingerprint density at radius 1 is 0.895 bits per heavy atom. The number of halogens is 4. The first-order valence-corrected chi connectivity index (χ1v) is 21.9. The van der Waals surface area contributed by atoms with Crippen LogP contribution in [0.4, 0.5) is 24.5 Å². The minimum atomic E-state index is -4.46. The Morgan fingerprint density at radius 2 is 1.58 bits per heavy atom. The summed E-state index contributed by atoms with van der Waals surface area (Å²) in [7, 11) is 0. The highest BCUT2D eigenvalue weighted by Crippen LogP contribution is 2.41. The van der Waals surface area contributed by atoms with Crippen molar-refractivity contribution in [2.24, 2.45) is 5.92 Å². The van der Waals surface area contributed by atoms with Crippen molar-refractivity contribution in [3.8, 4) is 11.1 Å². The summed E-state index contributed by atoms with van der Waals surface area (Å²) in [6.07, 6.45) is 3.61. The maximum absolute atomic E-state index is 12.8. The van der Waals surface area contributed by atoms with Crippen molar-refractivity contribution in [3.63, 3.8) is 0 Å². The molecule has 1 atom stereocenters. The molecule has 1 fully saturated rings. The number of hydrogen-bond acceptors (Lipinski definition) is 8. The number of carbonyl (C=O) groups is 1. The highest BCUT2D eigenvalue weighted by atomic mass is 35.5. The van der Waals surface area contributed by atoms with Crippen LogP contribution < -0.4 is 20.7 Å². The van der Waals surface area contributed by atoms with E-state index in [-0.39, 0.29) is 34.2 Å². The maximum Gasteiger partial charge on any atom is 0.446 e. The standard InChI is InChI=1S/C32H29ClF3N3O2S2.C12H19NS/c33-23-9-5-20(6-10-23)26-3-1-2-4-27(26)30(40)21-15-17-39(18-16-21)24-11-7-22(8-12-24)31(41)38-43-25-13-14-28(37)29(19-25)42-32(34,35)36;1-2-13-10-6-7-11-14-12-8-4-3-5-9-12/h1-14,19,21,30,40H,15-18,37H2,(H,38,41);3-5,8-9,13H,2,6-7,10-11H2,1H3. The molecule has 1 aliphatic rings. The highest BCUT2D eigenvalue weighted by molar-refractivity contribution is 8.00. The third kappa shape index (κ3) is 14.2. The fraction of sp³-hybridized carbons (Fsp3) is 0.295. The van der Waals surface area contributed by atoms with Gasteiger partial charge in [0.05, 0.1) is 6.10 Å². The Kier molecular flexibility index (Phi) is 17.4. The lowest BCUT2D eigenvalue weighted by molar-refractivity contribution is -0.0328. The van der Waals surface area contributed by atoms with Gasteiger partial charge in [-0.05, 0) is 158 Å². The SMILES string of the molecule is CCNCCCCSc1ccccc1.Nc1ccc(SNC(=O)c2ccc(N3CCC(C(O)c4ccccc4-c4ccc(Cl)cc4)CC3)cc2)cc1SC(F)(F)F. The first-order valence-electron chi connectivity index (χ1n) is 18.9. The molecule has 5 aromatic rings. The lowest BCUT2D eigenvalue weighted by atomic mass is 9.84. The van der Waals surface area contributed by atoms with Gasteiger partial charge in [0.25, 0.3) is 5.91 Å². The molecule has 5 aromatic carbocycles. The fourth-order valence-electron chi connectivity index (χ4n) is 6.39. The molecular weight excluding hydrogens is 805 g/mol. The minimum Gasteiger partial charge on any atom is -0.398 e. The zero-order valence-electron chi connectivity index (χ0n) is 31.7. The van der Waals surface area contributed by atoms with Crippen LogP contribution in [0.3, 0.4) is 0 Å². The molecule has 0 aromatic heterocycles. The summed E-state index contributed by atoms with van der Waals surface area (Å²) in [6.45, 7) is 5.93. The predicted molar refractivity (Wildman–Crippen MR) is 234 cm³/mol. The number of nitrogen functional groups attached to an aromatic ring is 1. The topological polar surface area (TPSA) is 90.6 Å². The molecule has 1 heterocycles. The summed E-state index contributed by atoms with van der Waals surface area (Å²) in [6, 6.07) is 37.6. The molecule has 302 valence electrons. The first-order chi connectivity index (χ1) is 27.5. The lowest BCUT2D eigenvalue weighted by Crippen LogP contribution is -2.35. The molecule has 0 spiro atoms.